The SMILES string of the molecule is COC(=O)c1cc(F)c2c(c1)N(Cc1ccc(OC)cc1)C(=O)CO2.COC(=O)c1cc(F)c2c(c1)NC(=O)CO2.COc1ccc(CN2C(=O)COc3c(F)cc(C(=O)CO)cc32)cc1. The Kier molecular flexibility index (Phi) is 15.1. The molecule has 8 rings (SSSR count). The van der Waals surface area contributed by atoms with Gasteiger partial charge in [-0.15, -0.1) is 0 Å². The largest absolute Gasteiger partial charge is 0.497 e. The summed E-state index contributed by atoms with van der Waals surface area (Å²) in [6.07, 6.45) is 0. The molecule has 0 fully saturated rings. The van der Waals surface area contributed by atoms with Crippen LogP contribution in [0.3, 0.4) is 0 Å². The van der Waals surface area contributed by atoms with Crippen LogP contribution < -0.4 is 38.8 Å². The van der Waals surface area contributed by atoms with Crippen molar-refractivity contribution >= 4 is 52.5 Å². The first-order valence-corrected chi connectivity index (χ1v) is 19.5. The fourth-order valence-corrected chi connectivity index (χ4v) is 6.59. The molecule has 2 N–H and O–H groups in total. The van der Waals surface area contributed by atoms with Gasteiger partial charge in [0.15, 0.2) is 60.3 Å². The zero-order valence-corrected chi connectivity index (χ0v) is 35.6. The molecule has 20 heteroatoms. The van der Waals surface area contributed by atoms with Crippen LogP contribution in [0.2, 0.25) is 0 Å². The molecule has 3 aliphatic heterocycles. The number of carbonyl (C=O) groups is 6. The van der Waals surface area contributed by atoms with Crippen LogP contribution in [-0.2, 0) is 36.9 Å². The molecule has 3 amide bonds. The van der Waals surface area contributed by atoms with E-state index in [1.807, 2.05) is 12.1 Å². The number of methoxy groups -OCH3 is 4. The Balaban J connectivity index is 0.000000168. The van der Waals surface area contributed by atoms with Crippen LogP contribution in [0, 0.1) is 17.5 Å². The number of aliphatic hydroxyl groups is 1. The smallest absolute Gasteiger partial charge is 0.338 e. The van der Waals surface area contributed by atoms with E-state index >= 15 is 0 Å². The van der Waals surface area contributed by atoms with Gasteiger partial charge in [0.25, 0.3) is 17.7 Å². The number of halogens is 3. The highest BCUT2D eigenvalue weighted by Gasteiger charge is 2.31. The number of rotatable bonds is 10. The molecule has 3 aliphatic rings. The number of Topliss-reactive ketones (excluding diaryl/α,β-unsaturated/α-hetero) is 1. The van der Waals surface area contributed by atoms with E-state index in [0.717, 1.165) is 29.3 Å². The van der Waals surface area contributed by atoms with Gasteiger partial charge in [-0.1, -0.05) is 24.3 Å². The lowest BCUT2D eigenvalue weighted by Crippen LogP contribution is -2.38. The van der Waals surface area contributed by atoms with Crippen LogP contribution in [0.4, 0.5) is 30.2 Å². The van der Waals surface area contributed by atoms with Crippen molar-refractivity contribution in [2.75, 3.05) is 70.0 Å². The number of carbonyl (C=O) groups excluding carboxylic acids is 6. The molecule has 344 valence electrons. The maximum absolute atomic E-state index is 14.3. The second kappa shape index (κ2) is 21.0. The summed E-state index contributed by atoms with van der Waals surface area (Å²) in [5.41, 5.74) is 2.15. The van der Waals surface area contributed by atoms with Crippen LogP contribution in [0.25, 0.3) is 0 Å². The number of esters is 2. The van der Waals surface area contributed by atoms with Crippen LogP contribution in [0.15, 0.2) is 84.9 Å². The number of nitrogens with one attached hydrogen (secondary N) is 1. The predicted octanol–water partition coefficient (Wildman–Crippen LogP) is 5.42. The summed E-state index contributed by atoms with van der Waals surface area (Å²) in [5, 5.41) is 11.4. The second-order valence-electron chi connectivity index (χ2n) is 14.1. The molecule has 0 unspecified atom stereocenters. The molecule has 0 radical (unpaired) electrons. The van der Waals surface area contributed by atoms with Gasteiger partial charge in [-0.2, -0.15) is 0 Å². The molecule has 17 nitrogen and oxygen atoms in total. The first-order valence-electron chi connectivity index (χ1n) is 19.5. The monoisotopic (exact) mass is 915 g/mol. The fourth-order valence-electron chi connectivity index (χ4n) is 6.59. The molecule has 3 heterocycles. The number of anilines is 3. The zero-order valence-electron chi connectivity index (χ0n) is 35.6. The van der Waals surface area contributed by atoms with E-state index in [-0.39, 0.29) is 95.7 Å². The number of ether oxygens (including phenoxy) is 7. The van der Waals surface area contributed by atoms with E-state index in [4.69, 9.17) is 28.8 Å². The predicted molar refractivity (Wildman–Crippen MR) is 227 cm³/mol. The normalized spacial score (nSPS) is 13.2. The van der Waals surface area contributed by atoms with Gasteiger partial charge in [0.1, 0.15) is 18.1 Å². The van der Waals surface area contributed by atoms with Crippen molar-refractivity contribution in [3.8, 4) is 28.7 Å². The van der Waals surface area contributed by atoms with Gasteiger partial charge < -0.3 is 53.4 Å². The molecule has 0 saturated heterocycles. The van der Waals surface area contributed by atoms with E-state index in [9.17, 15) is 41.9 Å². The van der Waals surface area contributed by atoms with E-state index in [0.29, 0.717) is 11.5 Å². The molecule has 66 heavy (non-hydrogen) atoms. The summed E-state index contributed by atoms with van der Waals surface area (Å²) in [4.78, 5) is 72.9. The summed E-state index contributed by atoms with van der Waals surface area (Å²) >= 11 is 0. The Labute approximate surface area is 374 Å². The van der Waals surface area contributed by atoms with E-state index < -0.39 is 47.7 Å². The van der Waals surface area contributed by atoms with Crippen molar-refractivity contribution in [2.45, 2.75) is 13.1 Å². The van der Waals surface area contributed by atoms with Gasteiger partial charge in [0.2, 0.25) is 0 Å². The Morgan fingerprint density at radius 2 is 1.00 bits per heavy atom. The highest BCUT2D eigenvalue weighted by molar-refractivity contribution is 6.03. The summed E-state index contributed by atoms with van der Waals surface area (Å²) in [6.45, 7) is -1.13. The molecule has 0 aliphatic carbocycles. The van der Waals surface area contributed by atoms with Crippen LogP contribution in [0.1, 0.15) is 42.2 Å². The summed E-state index contributed by atoms with van der Waals surface area (Å²) < 4.78 is 76.6. The number of ketones is 1. The Morgan fingerprint density at radius 3 is 1.44 bits per heavy atom. The van der Waals surface area contributed by atoms with E-state index in [1.165, 1.54) is 42.2 Å². The van der Waals surface area contributed by atoms with Crippen LogP contribution >= 0.6 is 0 Å². The third-order valence-corrected chi connectivity index (χ3v) is 9.88. The van der Waals surface area contributed by atoms with Gasteiger partial charge in [0, 0.05) is 5.56 Å². The average Bonchev–Trinajstić information content (AvgIpc) is 3.33. The van der Waals surface area contributed by atoms with Crippen molar-refractivity contribution in [3.05, 3.63) is 130 Å². The molecule has 0 spiro atoms. The second-order valence-corrected chi connectivity index (χ2v) is 14.1. The Bertz CT molecular complexity index is 2540. The number of benzene rings is 5. The third kappa shape index (κ3) is 10.8. The number of nitrogens with zero attached hydrogens (tertiary/aromatic N) is 2. The number of fused-ring (bicyclic) bond motifs is 3. The third-order valence-electron chi connectivity index (χ3n) is 9.88. The molecule has 5 aromatic carbocycles. The molecular weight excluding hydrogens is 876 g/mol. The first kappa shape index (κ1) is 47.4. The molecule has 5 aromatic rings. The van der Waals surface area contributed by atoms with E-state index in [2.05, 4.69) is 14.8 Å². The number of hydrogen-bond donors (Lipinski definition) is 2. The van der Waals surface area contributed by atoms with Crippen molar-refractivity contribution in [1.82, 2.24) is 0 Å². The fraction of sp³-hybridized carbons (Fsp3) is 0.217. The summed E-state index contributed by atoms with van der Waals surface area (Å²) in [6, 6.07) is 21.3. The topological polar surface area (TPSA) is 206 Å². The summed E-state index contributed by atoms with van der Waals surface area (Å²) in [5.74, 6) is -4.08. The van der Waals surface area contributed by atoms with Gasteiger partial charge in [-0.05, 0) is 71.8 Å². The molecule has 0 atom stereocenters. The van der Waals surface area contributed by atoms with Crippen molar-refractivity contribution in [1.29, 1.82) is 0 Å². The van der Waals surface area contributed by atoms with Crippen LogP contribution in [0.5, 0.6) is 28.7 Å². The van der Waals surface area contributed by atoms with Gasteiger partial charge in [-0.3, -0.25) is 19.2 Å². The Hall–Kier alpha value is -8.13. The molecular formula is C46H40F3N3O14. The van der Waals surface area contributed by atoms with Crippen LogP contribution in [-0.4, -0.2) is 95.4 Å². The van der Waals surface area contributed by atoms with Crippen molar-refractivity contribution < 1.29 is 80.2 Å². The van der Waals surface area contributed by atoms with Gasteiger partial charge >= 0.3 is 11.9 Å². The standard InChI is InChI=1S/2C18H16FNO5.C10H8FNO4/c1-23-13-5-3-11(4-6-13)9-20-15-8-12(18(22)24-2)7-14(19)17(15)25-10-16(20)21;1-24-13-4-2-11(3-5-13)8-20-15-7-12(16(22)9-21)6-14(19)18(15)25-10-17(20)23;1-15-10(14)5-2-6(11)9-7(3-5)12-8(13)4-16-9/h3-8H,9-10H2,1-2H3;2-7,21H,8-10H2,1H3;2-3H,4H2,1H3,(H,12,13). The molecule has 0 aromatic heterocycles. The minimum Gasteiger partial charge on any atom is -0.497 e. The highest BCUT2D eigenvalue weighted by Crippen LogP contribution is 2.39. The number of amides is 3. The Morgan fingerprint density at radius 1 is 0.591 bits per heavy atom. The quantitative estimate of drug-likeness (QED) is 0.133. The van der Waals surface area contributed by atoms with Gasteiger partial charge in [0.05, 0.1) is 69.7 Å². The first-order chi connectivity index (χ1) is 31.7. The van der Waals surface area contributed by atoms with Crippen molar-refractivity contribution in [2.24, 2.45) is 0 Å². The summed E-state index contributed by atoms with van der Waals surface area (Å²) in [7, 11) is 5.51. The maximum atomic E-state index is 14.3. The minimum absolute atomic E-state index is 0.0109. The highest BCUT2D eigenvalue weighted by atomic mass is 19.1. The van der Waals surface area contributed by atoms with Gasteiger partial charge in [-0.25, -0.2) is 22.8 Å². The minimum atomic E-state index is -0.749. The van der Waals surface area contributed by atoms with Crippen molar-refractivity contribution in [3.63, 3.8) is 0 Å². The average molecular weight is 916 g/mol. The maximum Gasteiger partial charge on any atom is 0.338 e. The lowest BCUT2D eigenvalue weighted by atomic mass is 10.1. The lowest BCUT2D eigenvalue weighted by Gasteiger charge is -2.30. The molecule has 0 saturated carbocycles. The lowest BCUT2D eigenvalue weighted by molar-refractivity contribution is -0.122. The van der Waals surface area contributed by atoms with E-state index in [1.54, 1.807) is 50.6 Å². The molecule has 0 bridgehead atoms. The zero-order chi connectivity index (χ0) is 47.7. The number of hydrogen-bond acceptors (Lipinski definition) is 14. The number of aliphatic hydroxyl groups excluding tert-OH is 1.